The second kappa shape index (κ2) is 12.8. The SMILES string of the molecule is C1=CC=CCCCCCCC=C1.C=CC(=C)C. The summed E-state index contributed by atoms with van der Waals surface area (Å²) in [5, 5.41) is 0. The van der Waals surface area contributed by atoms with Crippen LogP contribution in [0.5, 0.6) is 0 Å². The minimum atomic E-state index is 1.02. The third-order valence-corrected chi connectivity index (χ3v) is 2.45. The van der Waals surface area contributed by atoms with E-state index in [1.165, 1.54) is 38.5 Å². The largest absolute Gasteiger partial charge is 0.0988 e. The van der Waals surface area contributed by atoms with E-state index in [9.17, 15) is 0 Å². The fraction of sp³-hybridized carbons (Fsp3) is 0.412. The molecule has 0 aromatic carbocycles. The molecule has 0 radical (unpaired) electrons. The zero-order valence-corrected chi connectivity index (χ0v) is 11.2. The molecule has 0 N–H and O–H groups in total. The predicted octanol–water partition coefficient (Wildman–Crippen LogP) is 5.76. The third kappa shape index (κ3) is 14.7. The lowest BCUT2D eigenvalue weighted by atomic mass is 10.1. The summed E-state index contributed by atoms with van der Waals surface area (Å²) < 4.78 is 0. The molecule has 0 aromatic heterocycles. The van der Waals surface area contributed by atoms with E-state index in [1.807, 2.05) is 6.92 Å². The van der Waals surface area contributed by atoms with Crippen molar-refractivity contribution in [1.29, 1.82) is 0 Å². The van der Waals surface area contributed by atoms with Crippen molar-refractivity contribution in [3.63, 3.8) is 0 Å². The summed E-state index contributed by atoms with van der Waals surface area (Å²) in [6, 6.07) is 0. The van der Waals surface area contributed by atoms with E-state index in [0.29, 0.717) is 0 Å². The first kappa shape index (κ1) is 15.7. The van der Waals surface area contributed by atoms with Crippen molar-refractivity contribution in [1.82, 2.24) is 0 Å². The Labute approximate surface area is 107 Å². The molecule has 0 amide bonds. The molecule has 1 aliphatic carbocycles. The van der Waals surface area contributed by atoms with Crippen molar-refractivity contribution in [3.8, 4) is 0 Å². The van der Waals surface area contributed by atoms with Crippen molar-refractivity contribution in [2.75, 3.05) is 0 Å². The summed E-state index contributed by atoms with van der Waals surface area (Å²) in [5.41, 5.74) is 1.02. The van der Waals surface area contributed by atoms with E-state index in [2.05, 4.69) is 49.6 Å². The van der Waals surface area contributed by atoms with Crippen LogP contribution in [-0.4, -0.2) is 0 Å². The van der Waals surface area contributed by atoms with E-state index in [1.54, 1.807) is 6.08 Å². The third-order valence-electron chi connectivity index (χ3n) is 2.45. The van der Waals surface area contributed by atoms with Crippen molar-refractivity contribution >= 4 is 0 Å². The van der Waals surface area contributed by atoms with Gasteiger partial charge < -0.3 is 0 Å². The van der Waals surface area contributed by atoms with Gasteiger partial charge in [-0.05, 0) is 32.6 Å². The first-order valence-corrected chi connectivity index (χ1v) is 6.53. The highest BCUT2D eigenvalue weighted by Crippen LogP contribution is 2.07. The molecule has 0 aromatic rings. The van der Waals surface area contributed by atoms with Gasteiger partial charge in [0.25, 0.3) is 0 Å². The van der Waals surface area contributed by atoms with Crippen LogP contribution in [0.1, 0.15) is 45.4 Å². The maximum atomic E-state index is 3.56. The van der Waals surface area contributed by atoms with Gasteiger partial charge in [-0.1, -0.05) is 74.1 Å². The molecule has 0 spiro atoms. The standard InChI is InChI=1S/C12H18.C5H8/c1-2-4-6-8-10-12-11-9-7-5-3-1;1-4-5(2)3/h1-6H,7-12H2;4H,1-2H2,3H3. The van der Waals surface area contributed by atoms with Crippen LogP contribution < -0.4 is 0 Å². The number of hydrogen-bond acceptors (Lipinski definition) is 0. The number of allylic oxidation sites excluding steroid dienone is 8. The molecular formula is C17H26. The molecule has 1 rings (SSSR count). The summed E-state index contributed by atoms with van der Waals surface area (Å²) >= 11 is 0. The molecule has 0 aliphatic heterocycles. The van der Waals surface area contributed by atoms with Gasteiger partial charge in [0.2, 0.25) is 0 Å². The van der Waals surface area contributed by atoms with Gasteiger partial charge in [0.05, 0.1) is 0 Å². The maximum Gasteiger partial charge on any atom is -0.0348 e. The average molecular weight is 230 g/mol. The molecule has 0 heteroatoms. The van der Waals surface area contributed by atoms with Crippen LogP contribution in [0.4, 0.5) is 0 Å². The van der Waals surface area contributed by atoms with Gasteiger partial charge in [0.1, 0.15) is 0 Å². The first-order valence-electron chi connectivity index (χ1n) is 6.53. The van der Waals surface area contributed by atoms with Crippen LogP contribution in [0, 0.1) is 0 Å². The Morgan fingerprint density at radius 2 is 1.29 bits per heavy atom. The lowest BCUT2D eigenvalue weighted by Gasteiger charge is -1.96. The van der Waals surface area contributed by atoms with Crippen LogP contribution in [-0.2, 0) is 0 Å². The molecule has 1 aliphatic rings. The van der Waals surface area contributed by atoms with Gasteiger partial charge in [-0.3, -0.25) is 0 Å². The molecule has 0 saturated heterocycles. The molecule has 0 bridgehead atoms. The van der Waals surface area contributed by atoms with Crippen LogP contribution in [0.25, 0.3) is 0 Å². The average Bonchev–Trinajstić information content (AvgIpc) is 2.30. The molecule has 0 nitrogen and oxygen atoms in total. The normalized spacial score (nSPS) is 16.1. The highest BCUT2D eigenvalue weighted by molar-refractivity contribution is 5.11. The van der Waals surface area contributed by atoms with Gasteiger partial charge in [-0.25, -0.2) is 0 Å². The van der Waals surface area contributed by atoms with E-state index >= 15 is 0 Å². The minimum absolute atomic E-state index is 1.02. The Hall–Kier alpha value is -1.30. The van der Waals surface area contributed by atoms with Crippen LogP contribution in [0.2, 0.25) is 0 Å². The van der Waals surface area contributed by atoms with E-state index < -0.39 is 0 Å². The topological polar surface area (TPSA) is 0 Å². The van der Waals surface area contributed by atoms with Gasteiger partial charge in [-0.15, -0.1) is 0 Å². The summed E-state index contributed by atoms with van der Waals surface area (Å²) in [6.45, 7) is 8.93. The lowest BCUT2D eigenvalue weighted by Crippen LogP contribution is -1.77. The Balaban J connectivity index is 0.000000437. The summed E-state index contributed by atoms with van der Waals surface area (Å²) in [5.74, 6) is 0. The second-order valence-electron chi connectivity index (χ2n) is 4.28. The van der Waals surface area contributed by atoms with Crippen molar-refractivity contribution in [2.45, 2.75) is 45.4 Å². The zero-order chi connectivity index (χ0) is 12.8. The number of rotatable bonds is 1. The Morgan fingerprint density at radius 1 is 0.882 bits per heavy atom. The summed E-state index contributed by atoms with van der Waals surface area (Å²) in [6.07, 6.45) is 22.7. The Bertz CT molecular complexity index is 256. The van der Waals surface area contributed by atoms with Gasteiger partial charge in [-0.2, -0.15) is 0 Å². The van der Waals surface area contributed by atoms with Gasteiger partial charge >= 0.3 is 0 Å². The molecule has 0 unspecified atom stereocenters. The highest BCUT2D eigenvalue weighted by atomic mass is 13.9. The van der Waals surface area contributed by atoms with E-state index in [0.717, 1.165) is 5.57 Å². The quantitative estimate of drug-likeness (QED) is 0.502. The molecule has 0 saturated carbocycles. The van der Waals surface area contributed by atoms with Gasteiger partial charge in [0, 0.05) is 0 Å². The molecule has 0 atom stereocenters. The van der Waals surface area contributed by atoms with Crippen LogP contribution >= 0.6 is 0 Å². The maximum absolute atomic E-state index is 3.56. The second-order valence-corrected chi connectivity index (χ2v) is 4.28. The molecular weight excluding hydrogens is 204 g/mol. The smallest absolute Gasteiger partial charge is 0.0348 e. The number of hydrogen-bond donors (Lipinski definition) is 0. The molecule has 0 fully saturated rings. The minimum Gasteiger partial charge on any atom is -0.0988 e. The summed E-state index contributed by atoms with van der Waals surface area (Å²) in [4.78, 5) is 0. The van der Waals surface area contributed by atoms with Crippen molar-refractivity contribution in [3.05, 3.63) is 61.3 Å². The monoisotopic (exact) mass is 230 g/mol. The van der Waals surface area contributed by atoms with E-state index in [4.69, 9.17) is 0 Å². The Morgan fingerprint density at radius 3 is 1.65 bits per heavy atom. The molecule has 0 heterocycles. The van der Waals surface area contributed by atoms with Crippen molar-refractivity contribution < 1.29 is 0 Å². The van der Waals surface area contributed by atoms with Crippen LogP contribution in [0.3, 0.4) is 0 Å². The zero-order valence-electron chi connectivity index (χ0n) is 11.2. The summed E-state index contributed by atoms with van der Waals surface area (Å²) in [7, 11) is 0. The molecule has 17 heavy (non-hydrogen) atoms. The highest BCUT2D eigenvalue weighted by Gasteiger charge is 1.87. The first-order chi connectivity index (χ1) is 8.27. The van der Waals surface area contributed by atoms with E-state index in [-0.39, 0.29) is 0 Å². The van der Waals surface area contributed by atoms with Gasteiger partial charge in [0.15, 0.2) is 0 Å². The van der Waals surface area contributed by atoms with Crippen molar-refractivity contribution in [2.24, 2.45) is 0 Å². The predicted molar refractivity (Wildman–Crippen MR) is 80.1 cm³/mol. The van der Waals surface area contributed by atoms with Crippen LogP contribution in [0.15, 0.2) is 61.3 Å². The Kier molecular flexibility index (Phi) is 11.8. The lowest BCUT2D eigenvalue weighted by molar-refractivity contribution is 0.652. The fourth-order valence-electron chi connectivity index (χ4n) is 1.36. The molecule has 94 valence electrons. The fourth-order valence-corrected chi connectivity index (χ4v) is 1.36.